The number of amides is 1. The van der Waals surface area contributed by atoms with Crippen molar-refractivity contribution in [3.05, 3.63) is 30.0 Å². The normalized spacial score (nSPS) is 31.1. The molecule has 2 fully saturated rings. The lowest BCUT2D eigenvalue weighted by atomic mass is 9.77. The molecule has 2 aromatic rings. The molecule has 2 saturated heterocycles. The molecular weight excluding hydrogens is 380 g/mol. The molecule has 1 amide bonds. The van der Waals surface area contributed by atoms with Crippen LogP contribution in [0.5, 0.6) is 0 Å². The molecule has 5 atom stereocenters. The Hall–Kier alpha value is -2.58. The van der Waals surface area contributed by atoms with Gasteiger partial charge in [-0.25, -0.2) is 18.5 Å². The van der Waals surface area contributed by atoms with Gasteiger partial charge in [-0.15, -0.1) is 0 Å². The third-order valence-electron chi connectivity index (χ3n) is 6.77. The van der Waals surface area contributed by atoms with Crippen LogP contribution in [0.1, 0.15) is 55.0 Å². The Labute approximate surface area is 166 Å². The molecule has 0 aromatic carbocycles. The van der Waals surface area contributed by atoms with Crippen molar-refractivity contribution in [3.63, 3.8) is 0 Å². The van der Waals surface area contributed by atoms with Crippen molar-refractivity contribution in [2.45, 2.75) is 64.1 Å². The van der Waals surface area contributed by atoms with Crippen molar-refractivity contribution in [3.8, 4) is 0 Å². The number of hydrogen-bond donors (Lipinski definition) is 0. The molecule has 2 unspecified atom stereocenters. The summed E-state index contributed by atoms with van der Waals surface area (Å²) in [5.41, 5.74) is -0.143. The molecule has 0 spiro atoms. The fraction of sp³-hybridized carbons (Fsp3) is 0.600. The predicted molar refractivity (Wildman–Crippen MR) is 100 cm³/mol. The van der Waals surface area contributed by atoms with Gasteiger partial charge in [0, 0.05) is 23.9 Å². The van der Waals surface area contributed by atoms with Crippen LogP contribution in [0.4, 0.5) is 14.7 Å². The maximum absolute atomic E-state index is 13.7. The van der Waals surface area contributed by atoms with Gasteiger partial charge in [-0.05, 0) is 44.7 Å². The summed E-state index contributed by atoms with van der Waals surface area (Å²) in [7, 11) is 0. The number of furan rings is 1. The Balaban J connectivity index is 1.50. The summed E-state index contributed by atoms with van der Waals surface area (Å²) in [5.74, 6) is 0.680. The van der Waals surface area contributed by atoms with Gasteiger partial charge in [0.05, 0.1) is 11.8 Å². The van der Waals surface area contributed by atoms with Gasteiger partial charge in [0.1, 0.15) is 12.1 Å². The van der Waals surface area contributed by atoms with E-state index < -0.39 is 12.3 Å². The second-order valence-electron chi connectivity index (χ2n) is 8.28. The number of fused-ring (bicyclic) bond motifs is 3. The smallest absolute Gasteiger partial charge is 0.290 e. The van der Waals surface area contributed by atoms with Gasteiger partial charge in [0.25, 0.3) is 12.3 Å². The standard InChI is InChI=1S/C20H23F2N5O2/c1-10-3-8-15(29-10)19(28)26-12-4-6-13(14(26)7-5-12)17-11(2)16(18(21)22)25-20-23-9-24-27(17)20/h3,8-9,11-14,17-18H,4-7H2,1-2H3/t11?,12-,13-,14-,17?/m0/s1. The van der Waals surface area contributed by atoms with E-state index in [1.54, 1.807) is 23.7 Å². The summed E-state index contributed by atoms with van der Waals surface area (Å²) < 4.78 is 34.6. The van der Waals surface area contributed by atoms with Gasteiger partial charge in [-0.1, -0.05) is 6.92 Å². The highest BCUT2D eigenvalue weighted by atomic mass is 19.3. The molecule has 2 aromatic heterocycles. The number of nitrogens with zero attached hydrogens (tertiary/aromatic N) is 5. The van der Waals surface area contributed by atoms with E-state index in [0.717, 1.165) is 25.7 Å². The molecule has 29 heavy (non-hydrogen) atoms. The fourth-order valence-electron chi connectivity index (χ4n) is 5.52. The molecule has 0 aliphatic carbocycles. The van der Waals surface area contributed by atoms with Gasteiger partial charge in [0.15, 0.2) is 5.76 Å². The number of carbonyl (C=O) groups excluding carboxylic acids is 1. The van der Waals surface area contributed by atoms with Crippen molar-refractivity contribution < 1.29 is 18.0 Å². The SMILES string of the molecule is Cc1ccc(C(=O)N2[C@H]3CC[C@H](C4C(C)C(C(F)F)=Nc5ncnn54)[C@@H]2CC3)o1. The van der Waals surface area contributed by atoms with Gasteiger partial charge in [0.2, 0.25) is 5.95 Å². The van der Waals surface area contributed by atoms with Gasteiger partial charge in [-0.3, -0.25) is 4.79 Å². The van der Waals surface area contributed by atoms with Crippen molar-refractivity contribution >= 4 is 17.6 Å². The van der Waals surface area contributed by atoms with Crippen LogP contribution >= 0.6 is 0 Å². The number of piperidine rings is 1. The predicted octanol–water partition coefficient (Wildman–Crippen LogP) is 3.79. The Morgan fingerprint density at radius 2 is 2.03 bits per heavy atom. The fourth-order valence-corrected chi connectivity index (χ4v) is 5.52. The maximum atomic E-state index is 13.7. The molecule has 2 bridgehead atoms. The van der Waals surface area contributed by atoms with E-state index in [2.05, 4.69) is 15.1 Å². The molecule has 3 aliphatic rings. The number of carbonyl (C=O) groups is 1. The highest BCUT2D eigenvalue weighted by molar-refractivity contribution is 5.93. The number of rotatable bonds is 3. The highest BCUT2D eigenvalue weighted by Crippen LogP contribution is 2.48. The lowest BCUT2D eigenvalue weighted by Crippen LogP contribution is -2.52. The average Bonchev–Trinajstić information content (AvgIpc) is 3.39. The summed E-state index contributed by atoms with van der Waals surface area (Å²) >= 11 is 0. The van der Waals surface area contributed by atoms with Gasteiger partial charge in [-0.2, -0.15) is 10.1 Å². The quantitative estimate of drug-likeness (QED) is 0.781. The van der Waals surface area contributed by atoms with Gasteiger partial charge < -0.3 is 9.32 Å². The molecular formula is C20H23F2N5O2. The van der Waals surface area contributed by atoms with Crippen molar-refractivity contribution in [2.75, 3.05) is 0 Å². The van der Waals surface area contributed by atoms with Crippen LogP contribution in [-0.2, 0) is 0 Å². The first-order chi connectivity index (χ1) is 14.0. The number of aliphatic imine (C=N–C) groups is 1. The third kappa shape index (κ3) is 2.81. The first-order valence-corrected chi connectivity index (χ1v) is 10.1. The van der Waals surface area contributed by atoms with Gasteiger partial charge >= 0.3 is 0 Å². The van der Waals surface area contributed by atoms with E-state index in [0.29, 0.717) is 11.5 Å². The Morgan fingerprint density at radius 3 is 2.76 bits per heavy atom. The zero-order valence-electron chi connectivity index (χ0n) is 16.3. The van der Waals surface area contributed by atoms with Crippen LogP contribution in [-0.4, -0.2) is 49.8 Å². The maximum Gasteiger partial charge on any atom is 0.290 e. The molecule has 9 heteroatoms. The Morgan fingerprint density at radius 1 is 1.24 bits per heavy atom. The van der Waals surface area contributed by atoms with Crippen LogP contribution in [0, 0.1) is 18.8 Å². The largest absolute Gasteiger partial charge is 0.456 e. The van der Waals surface area contributed by atoms with Crippen molar-refractivity contribution in [1.29, 1.82) is 0 Å². The zero-order chi connectivity index (χ0) is 20.3. The highest BCUT2D eigenvalue weighted by Gasteiger charge is 2.51. The van der Waals surface area contributed by atoms with E-state index in [-0.39, 0.29) is 41.6 Å². The lowest BCUT2D eigenvalue weighted by molar-refractivity contribution is 0.0317. The van der Waals surface area contributed by atoms with Crippen LogP contribution in [0.25, 0.3) is 0 Å². The monoisotopic (exact) mass is 403 g/mol. The van der Waals surface area contributed by atoms with E-state index in [1.165, 1.54) is 6.33 Å². The zero-order valence-corrected chi connectivity index (χ0v) is 16.3. The number of alkyl halides is 2. The lowest BCUT2D eigenvalue weighted by Gasteiger charge is -2.45. The summed E-state index contributed by atoms with van der Waals surface area (Å²) in [6.07, 6.45) is 2.22. The van der Waals surface area contributed by atoms with Crippen LogP contribution < -0.4 is 0 Å². The Kier molecular flexibility index (Phi) is 4.29. The van der Waals surface area contributed by atoms with Crippen LogP contribution in [0.15, 0.2) is 27.9 Å². The molecule has 154 valence electrons. The minimum atomic E-state index is -2.64. The minimum absolute atomic E-state index is 0.00783. The molecule has 0 N–H and O–H groups in total. The molecule has 0 radical (unpaired) electrons. The molecule has 0 saturated carbocycles. The second-order valence-corrected chi connectivity index (χ2v) is 8.28. The first-order valence-electron chi connectivity index (χ1n) is 10.1. The van der Waals surface area contributed by atoms with E-state index in [4.69, 9.17) is 4.42 Å². The number of hydrogen-bond acceptors (Lipinski definition) is 5. The summed E-state index contributed by atoms with van der Waals surface area (Å²) in [6.45, 7) is 3.59. The van der Waals surface area contributed by atoms with Crippen molar-refractivity contribution in [2.24, 2.45) is 16.8 Å². The summed E-state index contributed by atoms with van der Waals surface area (Å²) in [5, 5.41) is 4.30. The third-order valence-corrected chi connectivity index (χ3v) is 6.77. The minimum Gasteiger partial charge on any atom is -0.456 e. The molecule has 5 heterocycles. The molecule has 7 nitrogen and oxygen atoms in total. The van der Waals surface area contributed by atoms with E-state index in [9.17, 15) is 13.6 Å². The first kappa shape index (κ1) is 18.4. The van der Waals surface area contributed by atoms with Crippen molar-refractivity contribution in [1.82, 2.24) is 19.7 Å². The molecule has 5 rings (SSSR count). The average molecular weight is 403 g/mol. The van der Waals surface area contributed by atoms with Crippen LogP contribution in [0.2, 0.25) is 0 Å². The second kappa shape index (κ2) is 6.74. The van der Waals surface area contributed by atoms with E-state index >= 15 is 0 Å². The number of aromatic nitrogens is 3. The Bertz CT molecular complexity index is 968. The number of halogens is 2. The topological polar surface area (TPSA) is 76.5 Å². The molecule has 3 aliphatic heterocycles. The summed E-state index contributed by atoms with van der Waals surface area (Å²) in [6, 6.07) is 3.33. The van der Waals surface area contributed by atoms with E-state index in [1.807, 2.05) is 11.8 Å². The number of aryl methyl sites for hydroxylation is 1. The summed E-state index contributed by atoms with van der Waals surface area (Å²) in [4.78, 5) is 23.3. The van der Waals surface area contributed by atoms with Crippen LogP contribution in [0.3, 0.4) is 0 Å².